The van der Waals surface area contributed by atoms with Gasteiger partial charge < -0.3 is 10.1 Å². The highest BCUT2D eigenvalue weighted by atomic mass is 32.2. The predicted octanol–water partition coefficient (Wildman–Crippen LogP) is 3.34. The van der Waals surface area contributed by atoms with E-state index in [4.69, 9.17) is 4.74 Å². The van der Waals surface area contributed by atoms with Crippen LogP contribution in [-0.4, -0.2) is 33.9 Å². The van der Waals surface area contributed by atoms with Crippen molar-refractivity contribution in [1.29, 1.82) is 0 Å². The van der Waals surface area contributed by atoms with Crippen LogP contribution in [0.25, 0.3) is 5.65 Å². The lowest BCUT2D eigenvalue weighted by Crippen LogP contribution is -2.27. The molecule has 2 aromatic heterocycles. The summed E-state index contributed by atoms with van der Waals surface area (Å²) in [5.41, 5.74) is 0.970. The van der Waals surface area contributed by atoms with Gasteiger partial charge in [0.25, 0.3) is 0 Å². The number of alkyl carbamates (subject to hydrolysis) is 1. The molecule has 0 atom stereocenters. The number of amides is 1. The Labute approximate surface area is 129 Å². The molecule has 0 saturated heterocycles. The van der Waals surface area contributed by atoms with Crippen molar-refractivity contribution in [1.82, 2.24) is 14.7 Å². The van der Waals surface area contributed by atoms with Crippen molar-refractivity contribution < 1.29 is 9.53 Å². The van der Waals surface area contributed by atoms with Gasteiger partial charge in [0.15, 0.2) is 0 Å². The highest BCUT2D eigenvalue weighted by molar-refractivity contribution is 7.99. The van der Waals surface area contributed by atoms with E-state index in [0.717, 1.165) is 24.2 Å². The van der Waals surface area contributed by atoms with Crippen LogP contribution in [0.2, 0.25) is 0 Å². The van der Waals surface area contributed by atoms with Crippen molar-refractivity contribution in [2.24, 2.45) is 0 Å². The van der Waals surface area contributed by atoms with E-state index in [2.05, 4.69) is 20.8 Å². The van der Waals surface area contributed by atoms with Crippen molar-refractivity contribution in [3.05, 3.63) is 30.6 Å². The van der Waals surface area contributed by atoms with Gasteiger partial charge in [-0.1, -0.05) is 6.07 Å². The molecular weight excluding hydrogens is 286 g/mol. The van der Waals surface area contributed by atoms with Gasteiger partial charge in [0.2, 0.25) is 0 Å². The molecule has 0 unspecified atom stereocenters. The smallest absolute Gasteiger partial charge is 0.407 e. The molecule has 0 aliphatic rings. The lowest BCUT2D eigenvalue weighted by atomic mass is 10.3. The quantitative estimate of drug-likeness (QED) is 0.629. The summed E-state index contributed by atoms with van der Waals surface area (Å²) in [6.45, 7) is 4.33. The molecule has 21 heavy (non-hydrogen) atoms. The minimum atomic E-state index is -0.333. The molecule has 2 aromatic rings. The van der Waals surface area contributed by atoms with Crippen LogP contribution >= 0.6 is 11.8 Å². The number of nitrogens with zero attached hydrogens (tertiary/aromatic N) is 2. The maximum Gasteiger partial charge on any atom is 0.407 e. The number of imidazole rings is 1. The van der Waals surface area contributed by atoms with Crippen LogP contribution in [0.15, 0.2) is 35.6 Å². The van der Waals surface area contributed by atoms with E-state index >= 15 is 0 Å². The number of fused-ring (bicyclic) bond motifs is 1. The Morgan fingerprint density at radius 2 is 2.29 bits per heavy atom. The average Bonchev–Trinajstić information content (AvgIpc) is 2.91. The fraction of sp³-hybridized carbons (Fsp3) is 0.467. The van der Waals surface area contributed by atoms with Gasteiger partial charge in [-0.05, 0) is 44.6 Å². The molecular formula is C15H21N3O2S. The minimum Gasteiger partial charge on any atom is -0.447 e. The van der Waals surface area contributed by atoms with Gasteiger partial charge in [0, 0.05) is 18.9 Å². The molecule has 0 bridgehead atoms. The third-order valence-electron chi connectivity index (χ3n) is 2.82. The molecule has 0 spiro atoms. The molecule has 114 valence electrons. The molecule has 1 amide bonds. The Morgan fingerprint density at radius 1 is 1.43 bits per heavy atom. The van der Waals surface area contributed by atoms with Crippen LogP contribution in [-0.2, 0) is 4.74 Å². The first-order chi connectivity index (χ1) is 10.2. The number of unbranched alkanes of at least 4 members (excludes halogenated alkanes) is 1. The van der Waals surface area contributed by atoms with E-state index in [1.807, 2.05) is 38.4 Å². The third kappa shape index (κ3) is 4.97. The standard InChI is InChI=1S/C15H21N3O2S/c1-12(2)20-15(19)17-8-3-4-11-21-14-7-5-6-13-16-9-10-18(13)14/h5-7,9-10,12H,3-4,8,11H2,1-2H3,(H,17,19). The van der Waals surface area contributed by atoms with Crippen molar-refractivity contribution in [2.75, 3.05) is 12.3 Å². The van der Waals surface area contributed by atoms with Crippen LogP contribution in [0.1, 0.15) is 26.7 Å². The number of carbonyl (C=O) groups is 1. The van der Waals surface area contributed by atoms with E-state index in [1.54, 1.807) is 11.8 Å². The summed E-state index contributed by atoms with van der Waals surface area (Å²) in [6, 6.07) is 6.11. The Hall–Kier alpha value is -1.69. The van der Waals surface area contributed by atoms with Gasteiger partial charge in [0.05, 0.1) is 11.1 Å². The van der Waals surface area contributed by atoms with Crippen LogP contribution in [0.4, 0.5) is 4.79 Å². The average molecular weight is 307 g/mol. The third-order valence-corrected chi connectivity index (χ3v) is 3.95. The van der Waals surface area contributed by atoms with Gasteiger partial charge in [-0.15, -0.1) is 11.8 Å². The molecule has 0 aliphatic carbocycles. The van der Waals surface area contributed by atoms with Crippen molar-refractivity contribution in [2.45, 2.75) is 37.8 Å². The fourth-order valence-corrected chi connectivity index (χ4v) is 2.91. The largest absolute Gasteiger partial charge is 0.447 e. The summed E-state index contributed by atoms with van der Waals surface area (Å²) in [4.78, 5) is 15.5. The molecule has 0 fully saturated rings. The van der Waals surface area contributed by atoms with Gasteiger partial charge in [-0.2, -0.15) is 0 Å². The number of carbonyl (C=O) groups excluding carboxylic acids is 1. The van der Waals surface area contributed by atoms with Gasteiger partial charge in [0.1, 0.15) is 5.65 Å². The molecule has 0 aliphatic heterocycles. The molecule has 1 N–H and O–H groups in total. The van der Waals surface area contributed by atoms with Gasteiger partial charge in [-0.3, -0.25) is 4.40 Å². The Kier molecular flexibility index (Phi) is 5.92. The zero-order valence-corrected chi connectivity index (χ0v) is 13.2. The van der Waals surface area contributed by atoms with Crippen LogP contribution < -0.4 is 5.32 Å². The highest BCUT2D eigenvalue weighted by Gasteiger charge is 2.04. The zero-order chi connectivity index (χ0) is 15.1. The molecule has 5 nitrogen and oxygen atoms in total. The first-order valence-corrected chi connectivity index (χ1v) is 8.15. The number of thioether (sulfide) groups is 1. The minimum absolute atomic E-state index is 0.0729. The highest BCUT2D eigenvalue weighted by Crippen LogP contribution is 2.20. The Morgan fingerprint density at radius 3 is 3.10 bits per heavy atom. The monoisotopic (exact) mass is 307 g/mol. The van der Waals surface area contributed by atoms with Gasteiger partial charge in [-0.25, -0.2) is 9.78 Å². The summed E-state index contributed by atoms with van der Waals surface area (Å²) in [7, 11) is 0. The van der Waals surface area contributed by atoms with E-state index in [-0.39, 0.29) is 12.2 Å². The van der Waals surface area contributed by atoms with Gasteiger partial charge >= 0.3 is 6.09 Å². The Balaban J connectivity index is 1.64. The van der Waals surface area contributed by atoms with Crippen molar-refractivity contribution >= 4 is 23.5 Å². The zero-order valence-electron chi connectivity index (χ0n) is 12.4. The Bertz CT molecular complexity index is 583. The van der Waals surface area contributed by atoms with E-state index in [0.29, 0.717) is 6.54 Å². The molecule has 0 aromatic carbocycles. The second-order valence-electron chi connectivity index (χ2n) is 4.96. The van der Waals surface area contributed by atoms with E-state index in [9.17, 15) is 4.79 Å². The summed E-state index contributed by atoms with van der Waals surface area (Å²) >= 11 is 1.80. The second-order valence-corrected chi connectivity index (χ2v) is 6.07. The number of hydrogen-bond donors (Lipinski definition) is 1. The van der Waals surface area contributed by atoms with E-state index < -0.39 is 0 Å². The van der Waals surface area contributed by atoms with Crippen molar-refractivity contribution in [3.8, 4) is 0 Å². The topological polar surface area (TPSA) is 55.6 Å². The fourth-order valence-electron chi connectivity index (χ4n) is 1.89. The number of rotatable bonds is 7. The van der Waals surface area contributed by atoms with Crippen LogP contribution in [0.3, 0.4) is 0 Å². The lowest BCUT2D eigenvalue weighted by molar-refractivity contribution is 0.115. The first kappa shape index (κ1) is 15.7. The van der Waals surface area contributed by atoms with E-state index in [1.165, 1.54) is 5.03 Å². The number of pyridine rings is 1. The number of nitrogens with one attached hydrogen (secondary N) is 1. The molecule has 2 rings (SSSR count). The molecule has 2 heterocycles. The maximum atomic E-state index is 11.3. The SMILES string of the molecule is CC(C)OC(=O)NCCCCSc1cccc2nccn12. The summed E-state index contributed by atoms with van der Waals surface area (Å²) < 4.78 is 7.09. The number of aromatic nitrogens is 2. The van der Waals surface area contributed by atoms with Crippen LogP contribution in [0, 0.1) is 0 Å². The number of hydrogen-bond acceptors (Lipinski definition) is 4. The summed E-state index contributed by atoms with van der Waals surface area (Å²) in [5.74, 6) is 1.01. The molecule has 0 radical (unpaired) electrons. The second kappa shape index (κ2) is 7.93. The summed E-state index contributed by atoms with van der Waals surface area (Å²) in [6.07, 6.45) is 5.36. The van der Waals surface area contributed by atoms with Crippen molar-refractivity contribution in [3.63, 3.8) is 0 Å². The predicted molar refractivity (Wildman–Crippen MR) is 84.8 cm³/mol. The number of ether oxygens (including phenoxy) is 1. The lowest BCUT2D eigenvalue weighted by Gasteiger charge is -2.09. The molecule has 6 heteroatoms. The first-order valence-electron chi connectivity index (χ1n) is 7.16. The summed E-state index contributed by atoms with van der Waals surface area (Å²) in [5, 5.41) is 3.94. The van der Waals surface area contributed by atoms with Crippen LogP contribution in [0.5, 0.6) is 0 Å². The molecule has 0 saturated carbocycles. The normalized spacial score (nSPS) is 11.0. The maximum absolute atomic E-state index is 11.3.